The normalized spacial score (nSPS) is 15.5. The molecule has 1 N–H and O–H groups in total. The van der Waals surface area contributed by atoms with E-state index in [0.29, 0.717) is 0 Å². The van der Waals surface area contributed by atoms with Gasteiger partial charge in [-0.15, -0.1) is 0 Å². The molecule has 0 aromatic heterocycles. The summed E-state index contributed by atoms with van der Waals surface area (Å²) in [6, 6.07) is 3.70. The first-order chi connectivity index (χ1) is 10.4. The van der Waals surface area contributed by atoms with Crippen LogP contribution in [0, 0.1) is 16.0 Å². The van der Waals surface area contributed by atoms with E-state index in [1.807, 2.05) is 0 Å². The average molecular weight is 327 g/mol. The summed E-state index contributed by atoms with van der Waals surface area (Å²) in [5, 5.41) is 13.1. The van der Waals surface area contributed by atoms with E-state index in [9.17, 15) is 19.7 Å². The van der Waals surface area contributed by atoms with E-state index >= 15 is 0 Å². The lowest BCUT2D eigenvalue weighted by atomic mass is 9.86. The fourth-order valence-corrected chi connectivity index (χ4v) is 2.14. The maximum Gasteiger partial charge on any atom is 0.309 e. The van der Waals surface area contributed by atoms with Gasteiger partial charge < -0.3 is 10.1 Å². The number of carbonyl (C=O) groups excluding carboxylic acids is 2. The van der Waals surface area contributed by atoms with E-state index < -0.39 is 16.9 Å². The Kier molecular flexibility index (Phi) is 4.97. The van der Waals surface area contributed by atoms with Crippen LogP contribution in [0.1, 0.15) is 26.2 Å². The molecule has 1 aromatic rings. The van der Waals surface area contributed by atoms with Gasteiger partial charge in [0.2, 0.25) is 0 Å². The molecule has 0 aliphatic heterocycles. The second kappa shape index (κ2) is 6.74. The smallest absolute Gasteiger partial charge is 0.309 e. The van der Waals surface area contributed by atoms with Crippen molar-refractivity contribution in [1.82, 2.24) is 0 Å². The highest BCUT2D eigenvalue weighted by Gasteiger charge is 2.29. The maximum atomic E-state index is 12.0. The molecular formula is C14H15ClN2O5. The number of halogens is 1. The third-order valence-electron chi connectivity index (χ3n) is 3.52. The summed E-state index contributed by atoms with van der Waals surface area (Å²) in [6.45, 7) is 1.46. The van der Waals surface area contributed by atoms with Gasteiger partial charge in [-0.05, 0) is 25.8 Å². The summed E-state index contributed by atoms with van der Waals surface area (Å²) >= 11 is 5.88. The lowest BCUT2D eigenvalue weighted by molar-refractivity contribution is -0.384. The van der Waals surface area contributed by atoms with E-state index in [0.717, 1.165) is 25.3 Å². The average Bonchev–Trinajstić information content (AvgIpc) is 2.38. The number of nitro groups is 1. The molecule has 1 amide bonds. The molecule has 1 atom stereocenters. The zero-order chi connectivity index (χ0) is 16.3. The molecule has 1 aromatic carbocycles. The van der Waals surface area contributed by atoms with Crippen LogP contribution in [0.2, 0.25) is 5.02 Å². The number of esters is 1. The predicted molar refractivity (Wildman–Crippen MR) is 79.6 cm³/mol. The van der Waals surface area contributed by atoms with Crippen LogP contribution < -0.4 is 5.32 Å². The molecule has 1 aliphatic rings. The first-order valence-corrected chi connectivity index (χ1v) is 7.21. The van der Waals surface area contributed by atoms with Gasteiger partial charge in [-0.25, -0.2) is 0 Å². The number of hydrogen-bond acceptors (Lipinski definition) is 5. The number of benzene rings is 1. The highest BCUT2D eigenvalue weighted by atomic mass is 35.5. The van der Waals surface area contributed by atoms with E-state index in [-0.39, 0.29) is 28.3 Å². The summed E-state index contributed by atoms with van der Waals surface area (Å²) in [5.41, 5.74) is 0.0521. The minimum Gasteiger partial charge on any atom is -0.452 e. The van der Waals surface area contributed by atoms with Gasteiger partial charge in [-0.2, -0.15) is 0 Å². The van der Waals surface area contributed by atoms with Crippen LogP contribution in [-0.2, 0) is 14.3 Å². The van der Waals surface area contributed by atoms with Gasteiger partial charge in [0.25, 0.3) is 11.6 Å². The summed E-state index contributed by atoms with van der Waals surface area (Å²) in [5.74, 6) is -1.02. The van der Waals surface area contributed by atoms with Crippen LogP contribution in [0.15, 0.2) is 18.2 Å². The monoisotopic (exact) mass is 326 g/mol. The molecule has 118 valence electrons. The molecule has 7 nitrogen and oxygen atoms in total. The van der Waals surface area contributed by atoms with Crippen molar-refractivity contribution in [2.45, 2.75) is 32.3 Å². The molecule has 0 spiro atoms. The minimum atomic E-state index is -0.959. The third-order valence-corrected chi connectivity index (χ3v) is 3.83. The SMILES string of the molecule is C[C@@H](OC(=O)C1CCC1)C(=O)Nc1ccc([N+](=O)[O-])cc1Cl. The molecule has 0 radical (unpaired) electrons. The van der Waals surface area contributed by atoms with Crippen LogP contribution in [0.3, 0.4) is 0 Å². The number of nitro benzene ring substituents is 1. The molecule has 1 saturated carbocycles. The molecule has 0 heterocycles. The van der Waals surface area contributed by atoms with Gasteiger partial charge in [0.1, 0.15) is 0 Å². The van der Waals surface area contributed by atoms with Gasteiger partial charge in [-0.1, -0.05) is 18.0 Å². The Labute approximate surface area is 131 Å². The van der Waals surface area contributed by atoms with E-state index in [2.05, 4.69) is 5.32 Å². The minimum absolute atomic E-state index is 0.0417. The highest BCUT2D eigenvalue weighted by Crippen LogP contribution is 2.29. The number of nitrogens with one attached hydrogen (secondary N) is 1. The quantitative estimate of drug-likeness (QED) is 0.509. The fourth-order valence-electron chi connectivity index (χ4n) is 1.92. The Hall–Kier alpha value is -2.15. The molecule has 1 aliphatic carbocycles. The lowest BCUT2D eigenvalue weighted by Crippen LogP contribution is -2.34. The fraction of sp³-hybridized carbons (Fsp3) is 0.429. The second-order valence-electron chi connectivity index (χ2n) is 5.12. The van der Waals surface area contributed by atoms with Crippen molar-refractivity contribution in [1.29, 1.82) is 0 Å². The largest absolute Gasteiger partial charge is 0.452 e. The van der Waals surface area contributed by atoms with Gasteiger partial charge in [0.05, 0.1) is 21.6 Å². The second-order valence-corrected chi connectivity index (χ2v) is 5.52. The third kappa shape index (κ3) is 3.73. The van der Waals surface area contributed by atoms with E-state index in [1.54, 1.807) is 0 Å². The topological polar surface area (TPSA) is 98.5 Å². The number of amides is 1. The highest BCUT2D eigenvalue weighted by molar-refractivity contribution is 6.34. The first-order valence-electron chi connectivity index (χ1n) is 6.84. The van der Waals surface area contributed by atoms with Gasteiger partial charge in [0.15, 0.2) is 6.10 Å². The van der Waals surface area contributed by atoms with Crippen molar-refractivity contribution in [3.63, 3.8) is 0 Å². The zero-order valence-electron chi connectivity index (χ0n) is 11.9. The summed E-state index contributed by atoms with van der Waals surface area (Å²) < 4.78 is 5.09. The standard InChI is InChI=1S/C14H15ClN2O5/c1-8(22-14(19)9-3-2-4-9)13(18)16-12-6-5-10(17(20)21)7-11(12)15/h5-9H,2-4H2,1H3,(H,16,18)/t8-/m1/s1. The van der Waals surface area contributed by atoms with Crippen molar-refractivity contribution in [3.8, 4) is 0 Å². The van der Waals surface area contributed by atoms with Crippen molar-refractivity contribution in [2.24, 2.45) is 5.92 Å². The van der Waals surface area contributed by atoms with Crippen molar-refractivity contribution < 1.29 is 19.2 Å². The molecule has 0 saturated heterocycles. The number of nitrogens with zero attached hydrogens (tertiary/aromatic N) is 1. The summed E-state index contributed by atoms with van der Waals surface area (Å²) in [6.07, 6.45) is 1.63. The van der Waals surface area contributed by atoms with E-state index in [1.165, 1.54) is 19.1 Å². The number of rotatable bonds is 5. The molecular weight excluding hydrogens is 312 g/mol. The van der Waals surface area contributed by atoms with Crippen LogP contribution in [0.25, 0.3) is 0 Å². The van der Waals surface area contributed by atoms with Crippen molar-refractivity contribution >= 4 is 34.9 Å². The van der Waals surface area contributed by atoms with Crippen molar-refractivity contribution in [3.05, 3.63) is 33.3 Å². The molecule has 8 heteroatoms. The summed E-state index contributed by atoms with van der Waals surface area (Å²) in [7, 11) is 0. The zero-order valence-corrected chi connectivity index (χ0v) is 12.6. The van der Waals surface area contributed by atoms with Crippen LogP contribution in [0.5, 0.6) is 0 Å². The number of hydrogen-bond donors (Lipinski definition) is 1. The molecule has 0 unspecified atom stereocenters. The Morgan fingerprint density at radius 2 is 2.14 bits per heavy atom. The number of carbonyl (C=O) groups is 2. The molecule has 22 heavy (non-hydrogen) atoms. The van der Waals surface area contributed by atoms with Gasteiger partial charge >= 0.3 is 5.97 Å². The van der Waals surface area contributed by atoms with Crippen LogP contribution in [0.4, 0.5) is 11.4 Å². The van der Waals surface area contributed by atoms with Crippen molar-refractivity contribution in [2.75, 3.05) is 5.32 Å². The first kappa shape index (κ1) is 16.2. The molecule has 0 bridgehead atoms. The van der Waals surface area contributed by atoms with E-state index in [4.69, 9.17) is 16.3 Å². The number of ether oxygens (including phenoxy) is 1. The van der Waals surface area contributed by atoms with Crippen LogP contribution >= 0.6 is 11.6 Å². The summed E-state index contributed by atoms with van der Waals surface area (Å²) in [4.78, 5) is 33.7. The molecule has 1 fully saturated rings. The Bertz CT molecular complexity index is 615. The Morgan fingerprint density at radius 1 is 1.45 bits per heavy atom. The van der Waals surface area contributed by atoms with Gasteiger partial charge in [-0.3, -0.25) is 19.7 Å². The predicted octanol–water partition coefficient (Wildman–Crippen LogP) is 2.92. The Balaban J connectivity index is 1.95. The number of anilines is 1. The number of non-ortho nitro benzene ring substituents is 1. The van der Waals surface area contributed by atoms with Crippen LogP contribution in [-0.4, -0.2) is 22.9 Å². The van der Waals surface area contributed by atoms with Gasteiger partial charge in [0, 0.05) is 12.1 Å². The Morgan fingerprint density at radius 3 is 2.64 bits per heavy atom. The molecule has 2 rings (SSSR count). The lowest BCUT2D eigenvalue weighted by Gasteiger charge is -2.24. The maximum absolute atomic E-state index is 12.0.